The predicted molar refractivity (Wildman–Crippen MR) is 73.0 cm³/mol. The number of carbonyl (C=O) groups is 2. The number of carboxylic acid groups (broad SMARTS) is 2. The minimum absolute atomic E-state index is 0. The molecule has 2 fully saturated rings. The first kappa shape index (κ1) is 24.6. The van der Waals surface area contributed by atoms with Gasteiger partial charge in [-0.3, -0.25) is 0 Å². The SMILES string of the molecule is O=C([O-])/C(=C(\C(=O)[O-])[C@H]1CC[C@@H](O)CC1)[C@H]1CC[C@@H](O)CC1.[Na+].[Na+]. The number of aliphatic carboxylic acids is 2. The Bertz CT molecular complexity index is 421. The van der Waals surface area contributed by atoms with E-state index in [1.54, 1.807) is 0 Å². The van der Waals surface area contributed by atoms with Crippen LogP contribution in [0.25, 0.3) is 0 Å². The number of aliphatic hydroxyl groups excluding tert-OH is 2. The van der Waals surface area contributed by atoms with Gasteiger partial charge < -0.3 is 30.0 Å². The van der Waals surface area contributed by atoms with Crippen molar-refractivity contribution in [3.8, 4) is 0 Å². The molecule has 124 valence electrons. The van der Waals surface area contributed by atoms with E-state index < -0.39 is 36.0 Å². The first-order valence-corrected chi connectivity index (χ1v) is 7.93. The normalized spacial score (nSPS) is 31.1. The Kier molecular flexibility index (Phi) is 11.6. The smallest absolute Gasteiger partial charge is 0.545 e. The second kappa shape index (κ2) is 11.3. The van der Waals surface area contributed by atoms with Gasteiger partial charge in [0.2, 0.25) is 0 Å². The van der Waals surface area contributed by atoms with Crippen LogP contribution in [0, 0.1) is 11.8 Å². The van der Waals surface area contributed by atoms with Crippen molar-refractivity contribution in [1.29, 1.82) is 0 Å². The Balaban J connectivity index is 0.00000264. The van der Waals surface area contributed by atoms with Gasteiger partial charge in [-0.05, 0) is 74.3 Å². The summed E-state index contributed by atoms with van der Waals surface area (Å²) in [6, 6.07) is 0. The number of carbonyl (C=O) groups excluding carboxylic acids is 2. The zero-order valence-electron chi connectivity index (χ0n) is 14.5. The molecule has 0 radical (unpaired) electrons. The molecule has 2 N–H and O–H groups in total. The topological polar surface area (TPSA) is 121 Å². The van der Waals surface area contributed by atoms with Crippen LogP contribution in [-0.2, 0) is 9.59 Å². The van der Waals surface area contributed by atoms with Gasteiger partial charge in [0.1, 0.15) is 0 Å². The summed E-state index contributed by atoms with van der Waals surface area (Å²) in [6.45, 7) is 0. The van der Waals surface area contributed by atoms with Crippen LogP contribution in [0.1, 0.15) is 51.4 Å². The molecule has 8 heteroatoms. The van der Waals surface area contributed by atoms with Crippen molar-refractivity contribution in [1.82, 2.24) is 0 Å². The van der Waals surface area contributed by atoms with Crippen LogP contribution in [0.5, 0.6) is 0 Å². The second-order valence-corrected chi connectivity index (χ2v) is 6.41. The fourth-order valence-corrected chi connectivity index (χ4v) is 3.72. The minimum Gasteiger partial charge on any atom is -0.545 e. The molecule has 2 saturated carbocycles. The van der Waals surface area contributed by atoms with E-state index in [1.807, 2.05) is 0 Å². The Morgan fingerprint density at radius 3 is 1.08 bits per heavy atom. The summed E-state index contributed by atoms with van der Waals surface area (Å²) in [4.78, 5) is 23.1. The molecule has 24 heavy (non-hydrogen) atoms. The summed E-state index contributed by atoms with van der Waals surface area (Å²) in [6.07, 6.45) is 2.72. The van der Waals surface area contributed by atoms with Gasteiger partial charge in [0, 0.05) is 0 Å². The molecule has 6 nitrogen and oxygen atoms in total. The average molecular weight is 356 g/mol. The van der Waals surface area contributed by atoms with Crippen LogP contribution in [0.4, 0.5) is 0 Å². The van der Waals surface area contributed by atoms with E-state index in [2.05, 4.69) is 0 Å². The Morgan fingerprint density at radius 1 is 0.625 bits per heavy atom. The van der Waals surface area contributed by atoms with E-state index in [1.165, 1.54) is 0 Å². The molecule has 0 saturated heterocycles. The van der Waals surface area contributed by atoms with Gasteiger partial charge in [-0.2, -0.15) is 0 Å². The zero-order chi connectivity index (χ0) is 16.3. The first-order valence-electron chi connectivity index (χ1n) is 7.93. The second-order valence-electron chi connectivity index (χ2n) is 6.41. The third kappa shape index (κ3) is 6.40. The molecular weight excluding hydrogens is 334 g/mol. The van der Waals surface area contributed by atoms with E-state index in [0.717, 1.165) is 0 Å². The maximum absolute atomic E-state index is 11.6. The largest absolute Gasteiger partial charge is 1.00 e. The third-order valence-corrected chi connectivity index (χ3v) is 4.94. The Labute approximate surface area is 186 Å². The van der Waals surface area contributed by atoms with Crippen molar-refractivity contribution in [3.63, 3.8) is 0 Å². The van der Waals surface area contributed by atoms with Gasteiger partial charge in [-0.1, -0.05) is 0 Å². The number of hydrogen-bond acceptors (Lipinski definition) is 6. The zero-order valence-corrected chi connectivity index (χ0v) is 18.5. The molecule has 0 aromatic heterocycles. The van der Waals surface area contributed by atoms with Gasteiger partial charge in [-0.15, -0.1) is 0 Å². The summed E-state index contributed by atoms with van der Waals surface area (Å²) in [7, 11) is 0. The molecular formula is C16H22Na2O6. The van der Waals surface area contributed by atoms with Crippen LogP contribution in [0.15, 0.2) is 11.1 Å². The summed E-state index contributed by atoms with van der Waals surface area (Å²) in [5.74, 6) is -3.72. The first-order chi connectivity index (χ1) is 10.4. The molecule has 0 aromatic carbocycles. The van der Waals surface area contributed by atoms with Crippen LogP contribution in [0.3, 0.4) is 0 Å². The predicted octanol–water partition coefficient (Wildman–Crippen LogP) is -7.11. The minimum atomic E-state index is -1.45. The van der Waals surface area contributed by atoms with Crippen molar-refractivity contribution in [2.24, 2.45) is 11.8 Å². The molecule has 2 aliphatic carbocycles. The fourth-order valence-electron chi connectivity index (χ4n) is 3.72. The van der Waals surface area contributed by atoms with Gasteiger partial charge in [-0.25, -0.2) is 0 Å². The van der Waals surface area contributed by atoms with Crippen molar-refractivity contribution in [3.05, 3.63) is 11.1 Å². The number of aliphatic hydroxyl groups is 2. The van der Waals surface area contributed by atoms with E-state index in [0.29, 0.717) is 51.4 Å². The molecule has 0 spiro atoms. The maximum atomic E-state index is 11.6. The summed E-state index contributed by atoms with van der Waals surface area (Å²) >= 11 is 0. The maximum Gasteiger partial charge on any atom is 1.00 e. The summed E-state index contributed by atoms with van der Waals surface area (Å²) < 4.78 is 0. The van der Waals surface area contributed by atoms with Crippen LogP contribution < -0.4 is 69.3 Å². The summed E-state index contributed by atoms with van der Waals surface area (Å²) in [5, 5.41) is 42.2. The van der Waals surface area contributed by atoms with Crippen LogP contribution >= 0.6 is 0 Å². The quantitative estimate of drug-likeness (QED) is 0.381. The molecule has 0 unspecified atom stereocenters. The number of hydrogen-bond donors (Lipinski definition) is 2. The molecule has 0 bridgehead atoms. The number of rotatable bonds is 4. The molecule has 0 aromatic rings. The van der Waals surface area contributed by atoms with Gasteiger partial charge >= 0.3 is 59.1 Å². The molecule has 0 amide bonds. The van der Waals surface area contributed by atoms with Gasteiger partial charge in [0.15, 0.2) is 0 Å². The fraction of sp³-hybridized carbons (Fsp3) is 0.750. The molecule has 0 atom stereocenters. The van der Waals surface area contributed by atoms with Crippen LogP contribution in [-0.4, -0.2) is 34.4 Å². The van der Waals surface area contributed by atoms with Gasteiger partial charge in [0.05, 0.1) is 24.1 Å². The molecule has 2 rings (SSSR count). The van der Waals surface area contributed by atoms with Crippen molar-refractivity contribution < 1.29 is 89.1 Å². The van der Waals surface area contributed by atoms with E-state index in [-0.39, 0.29) is 70.3 Å². The van der Waals surface area contributed by atoms with Crippen molar-refractivity contribution in [2.45, 2.75) is 63.6 Å². The van der Waals surface area contributed by atoms with E-state index >= 15 is 0 Å². The molecule has 2 aliphatic rings. The van der Waals surface area contributed by atoms with Gasteiger partial charge in [0.25, 0.3) is 0 Å². The Hall–Kier alpha value is 0.600. The standard InChI is InChI=1S/C16H24O6.2Na/c17-11-5-1-9(2-6-11)13(15(19)20)14(16(21)22)10-3-7-12(18)8-4-10;;/h9-12,17-18H,1-8H2,(H,19,20)(H,21,22);;/q;2*+1/p-2/b14-13-;;/t9-,10-,11+,12+;;. The summed E-state index contributed by atoms with van der Waals surface area (Å²) in [5.41, 5.74) is -0.318. The Morgan fingerprint density at radius 2 is 0.875 bits per heavy atom. The van der Waals surface area contributed by atoms with E-state index in [4.69, 9.17) is 0 Å². The average Bonchev–Trinajstić information content (AvgIpc) is 2.46. The molecule has 0 heterocycles. The number of carboxylic acids is 2. The van der Waals surface area contributed by atoms with Crippen molar-refractivity contribution in [2.75, 3.05) is 0 Å². The van der Waals surface area contributed by atoms with Crippen LogP contribution in [0.2, 0.25) is 0 Å². The molecule has 0 aliphatic heterocycles. The van der Waals surface area contributed by atoms with E-state index in [9.17, 15) is 30.0 Å². The monoisotopic (exact) mass is 356 g/mol. The third-order valence-electron chi connectivity index (χ3n) is 4.94. The van der Waals surface area contributed by atoms with Crippen molar-refractivity contribution >= 4 is 11.9 Å².